The van der Waals surface area contributed by atoms with Gasteiger partial charge in [0.25, 0.3) is 5.91 Å². The van der Waals surface area contributed by atoms with Crippen molar-refractivity contribution in [1.29, 1.82) is 0 Å². The van der Waals surface area contributed by atoms with E-state index in [2.05, 4.69) is 10.2 Å². The molecule has 2 aromatic rings. The monoisotopic (exact) mass is 336 g/mol. The summed E-state index contributed by atoms with van der Waals surface area (Å²) in [6.45, 7) is 8.81. The highest BCUT2D eigenvalue weighted by molar-refractivity contribution is 6.01. The van der Waals surface area contributed by atoms with Crippen molar-refractivity contribution < 1.29 is 22.4 Å². The fourth-order valence-corrected chi connectivity index (χ4v) is 2.24. The Morgan fingerprint density at radius 2 is 1.92 bits per heavy atom. The Labute approximate surface area is 135 Å². The van der Waals surface area contributed by atoms with E-state index in [9.17, 15) is 22.4 Å². The molecular weight excluding hydrogens is 324 g/mol. The zero-order chi connectivity index (χ0) is 17.9. The van der Waals surface area contributed by atoms with Crippen molar-refractivity contribution in [2.75, 3.05) is 6.54 Å². The van der Waals surface area contributed by atoms with E-state index in [0.717, 1.165) is 24.3 Å². The second kappa shape index (κ2) is 6.71. The fourth-order valence-electron chi connectivity index (χ4n) is 2.24. The lowest BCUT2D eigenvalue weighted by molar-refractivity contribution is -0.136. The smallest absolute Gasteiger partial charge is 0.352 e. The van der Waals surface area contributed by atoms with E-state index in [1.165, 1.54) is 12.1 Å². The maximum absolute atomic E-state index is 13.5. The number of carbonyl (C=O) groups is 1. The first kappa shape index (κ1) is 17.5. The lowest BCUT2D eigenvalue weighted by Gasteiger charge is -2.14. The molecule has 0 unspecified atom stereocenters. The average Bonchev–Trinajstić information content (AvgIpc) is 2.53. The number of nitrogens with zero attached hydrogens (tertiary/aromatic N) is 1. The first-order valence-electron chi connectivity index (χ1n) is 6.94. The number of hydrogen-bond acceptors (Lipinski definition) is 1. The van der Waals surface area contributed by atoms with E-state index in [1.54, 1.807) is 6.92 Å². The zero-order valence-corrected chi connectivity index (χ0v) is 12.5. The standard InChI is InChI=1S/C17H12F4N2O/c1-3-23-16(24)13-9-11(18)5-6-12(13)10-4-7-15(22-2)14(8-10)17(19,20)21/h4-9H,3H2,1H3,(H,23,24). The second-order valence-electron chi connectivity index (χ2n) is 4.89. The molecule has 24 heavy (non-hydrogen) atoms. The average molecular weight is 336 g/mol. The van der Waals surface area contributed by atoms with E-state index >= 15 is 0 Å². The van der Waals surface area contributed by atoms with Crippen LogP contribution >= 0.6 is 0 Å². The quantitative estimate of drug-likeness (QED) is 0.633. The Morgan fingerprint density at radius 1 is 1.21 bits per heavy atom. The van der Waals surface area contributed by atoms with Gasteiger partial charge in [-0.3, -0.25) is 4.79 Å². The zero-order valence-electron chi connectivity index (χ0n) is 12.5. The molecule has 2 aromatic carbocycles. The van der Waals surface area contributed by atoms with Gasteiger partial charge in [-0.15, -0.1) is 0 Å². The molecule has 0 spiro atoms. The van der Waals surface area contributed by atoms with Gasteiger partial charge in [0.15, 0.2) is 5.69 Å². The Kier molecular flexibility index (Phi) is 4.88. The molecule has 124 valence electrons. The minimum absolute atomic E-state index is 0.0689. The third kappa shape index (κ3) is 3.54. The summed E-state index contributed by atoms with van der Waals surface area (Å²) in [5.41, 5.74) is -1.46. The Hall–Kier alpha value is -2.88. The maximum Gasteiger partial charge on any atom is 0.407 e. The minimum Gasteiger partial charge on any atom is -0.352 e. The third-order valence-electron chi connectivity index (χ3n) is 3.30. The SMILES string of the molecule is [C-]#[N+]c1ccc(-c2ccc(F)cc2C(=O)NCC)cc1C(F)(F)F. The number of rotatable bonds is 3. The minimum atomic E-state index is -4.71. The lowest BCUT2D eigenvalue weighted by atomic mass is 9.96. The first-order chi connectivity index (χ1) is 11.3. The molecule has 1 amide bonds. The summed E-state index contributed by atoms with van der Waals surface area (Å²) in [5.74, 6) is -1.26. The maximum atomic E-state index is 13.5. The van der Waals surface area contributed by atoms with Gasteiger partial charge in [0.2, 0.25) is 0 Å². The van der Waals surface area contributed by atoms with Crippen LogP contribution < -0.4 is 5.32 Å². The van der Waals surface area contributed by atoms with Crippen LogP contribution in [0.4, 0.5) is 23.2 Å². The van der Waals surface area contributed by atoms with Crippen LogP contribution in [0.25, 0.3) is 16.0 Å². The molecule has 2 rings (SSSR count). The number of carbonyl (C=O) groups excluding carboxylic acids is 1. The molecule has 0 heterocycles. The van der Waals surface area contributed by atoms with Gasteiger partial charge in [-0.05, 0) is 30.2 Å². The molecule has 0 aliphatic carbocycles. The predicted octanol–water partition coefficient (Wildman–Crippen LogP) is 4.81. The second-order valence-corrected chi connectivity index (χ2v) is 4.89. The summed E-state index contributed by atoms with van der Waals surface area (Å²) in [4.78, 5) is 14.9. The normalized spacial score (nSPS) is 11.0. The van der Waals surface area contributed by atoms with E-state index in [0.29, 0.717) is 6.54 Å². The largest absolute Gasteiger partial charge is 0.407 e. The summed E-state index contributed by atoms with van der Waals surface area (Å²) >= 11 is 0. The molecule has 0 saturated heterocycles. The van der Waals surface area contributed by atoms with Crippen LogP contribution in [0.5, 0.6) is 0 Å². The van der Waals surface area contributed by atoms with Crippen molar-refractivity contribution in [3.8, 4) is 11.1 Å². The molecule has 0 atom stereocenters. The molecule has 0 radical (unpaired) electrons. The molecule has 1 N–H and O–H groups in total. The highest BCUT2D eigenvalue weighted by atomic mass is 19.4. The van der Waals surface area contributed by atoms with Crippen LogP contribution in [0.15, 0.2) is 36.4 Å². The number of halogens is 4. The van der Waals surface area contributed by atoms with E-state index in [-0.39, 0.29) is 16.7 Å². The molecule has 0 bridgehead atoms. The molecule has 0 fully saturated rings. The summed E-state index contributed by atoms with van der Waals surface area (Å²) in [6.07, 6.45) is -4.71. The molecule has 7 heteroatoms. The van der Waals surface area contributed by atoms with Crippen LogP contribution in [-0.4, -0.2) is 12.5 Å². The van der Waals surface area contributed by atoms with Crippen molar-refractivity contribution in [3.05, 3.63) is 64.8 Å². The van der Waals surface area contributed by atoms with Crippen LogP contribution in [0.3, 0.4) is 0 Å². The highest BCUT2D eigenvalue weighted by Gasteiger charge is 2.33. The number of amides is 1. The van der Waals surface area contributed by atoms with Gasteiger partial charge in [0, 0.05) is 6.54 Å². The molecular formula is C17H12F4N2O. The molecule has 0 aliphatic rings. The fraction of sp³-hybridized carbons (Fsp3) is 0.176. The summed E-state index contributed by atoms with van der Waals surface area (Å²) < 4.78 is 52.7. The topological polar surface area (TPSA) is 33.5 Å². The summed E-state index contributed by atoms with van der Waals surface area (Å²) in [6, 6.07) is 6.41. The summed E-state index contributed by atoms with van der Waals surface area (Å²) in [5, 5.41) is 2.49. The van der Waals surface area contributed by atoms with Gasteiger partial charge in [0.1, 0.15) is 5.82 Å². The van der Waals surface area contributed by atoms with E-state index < -0.39 is 29.2 Å². The van der Waals surface area contributed by atoms with Gasteiger partial charge >= 0.3 is 6.18 Å². The molecule has 0 aliphatic heterocycles. The predicted molar refractivity (Wildman–Crippen MR) is 81.1 cm³/mol. The van der Waals surface area contributed by atoms with Crippen molar-refractivity contribution in [3.63, 3.8) is 0 Å². The Balaban J connectivity index is 2.65. The van der Waals surface area contributed by atoms with Crippen molar-refractivity contribution in [2.45, 2.75) is 13.1 Å². The van der Waals surface area contributed by atoms with Gasteiger partial charge < -0.3 is 5.32 Å². The number of hydrogen-bond donors (Lipinski definition) is 1. The van der Waals surface area contributed by atoms with Crippen LogP contribution in [0.1, 0.15) is 22.8 Å². The Morgan fingerprint density at radius 3 is 2.50 bits per heavy atom. The number of benzene rings is 2. The number of nitrogens with one attached hydrogen (secondary N) is 1. The van der Waals surface area contributed by atoms with Gasteiger partial charge in [-0.25, -0.2) is 9.24 Å². The van der Waals surface area contributed by atoms with E-state index in [1.807, 2.05) is 0 Å². The van der Waals surface area contributed by atoms with Crippen molar-refractivity contribution in [1.82, 2.24) is 5.32 Å². The van der Waals surface area contributed by atoms with E-state index in [4.69, 9.17) is 6.57 Å². The van der Waals surface area contributed by atoms with Crippen LogP contribution in [0, 0.1) is 12.4 Å². The molecule has 3 nitrogen and oxygen atoms in total. The molecule has 0 aromatic heterocycles. The Bertz CT molecular complexity index is 822. The number of alkyl halides is 3. The lowest BCUT2D eigenvalue weighted by Crippen LogP contribution is -2.23. The van der Waals surface area contributed by atoms with Crippen LogP contribution in [0.2, 0.25) is 0 Å². The summed E-state index contributed by atoms with van der Waals surface area (Å²) in [7, 11) is 0. The van der Waals surface area contributed by atoms with Crippen molar-refractivity contribution >= 4 is 11.6 Å². The van der Waals surface area contributed by atoms with Crippen molar-refractivity contribution in [2.24, 2.45) is 0 Å². The highest BCUT2D eigenvalue weighted by Crippen LogP contribution is 2.39. The van der Waals surface area contributed by atoms with Crippen LogP contribution in [-0.2, 0) is 6.18 Å². The van der Waals surface area contributed by atoms with Gasteiger partial charge in [0.05, 0.1) is 17.7 Å². The molecule has 0 saturated carbocycles. The van der Waals surface area contributed by atoms with Gasteiger partial charge in [-0.2, -0.15) is 13.2 Å². The van der Waals surface area contributed by atoms with Gasteiger partial charge in [-0.1, -0.05) is 24.3 Å². The third-order valence-corrected chi connectivity index (χ3v) is 3.30. The first-order valence-corrected chi connectivity index (χ1v) is 6.94.